The van der Waals surface area contributed by atoms with E-state index in [0.717, 1.165) is 4.57 Å². The lowest BCUT2D eigenvalue weighted by atomic mass is 9.95. The van der Waals surface area contributed by atoms with Crippen molar-refractivity contribution in [3.63, 3.8) is 0 Å². The van der Waals surface area contributed by atoms with Gasteiger partial charge in [-0.15, -0.1) is 0 Å². The quantitative estimate of drug-likeness (QED) is 0.201. The molecule has 6 aromatic rings. The second kappa shape index (κ2) is 12.0. The molecule has 3 aromatic carbocycles. The molecule has 0 amide bonds. The Bertz CT molecular complexity index is 2370. The number of nitrogens with one attached hydrogen (secondary N) is 1. The number of hydrogen-bond donors (Lipinski definition) is 3. The fourth-order valence-corrected chi connectivity index (χ4v) is 5.74. The Hall–Kier alpha value is -5.54. The van der Waals surface area contributed by atoms with E-state index in [4.69, 9.17) is 17.3 Å². The number of aromatic nitrogens is 6. The van der Waals surface area contributed by atoms with Crippen molar-refractivity contribution in [2.75, 3.05) is 5.32 Å². The lowest BCUT2D eigenvalue weighted by Gasteiger charge is -2.19. The van der Waals surface area contributed by atoms with Gasteiger partial charge in [-0.25, -0.2) is 27.3 Å². The van der Waals surface area contributed by atoms with Gasteiger partial charge in [0.1, 0.15) is 5.82 Å². The minimum atomic E-state index is -1.44. The van der Waals surface area contributed by atoms with Crippen molar-refractivity contribution in [1.29, 1.82) is 0 Å². The lowest BCUT2D eigenvalue weighted by Crippen LogP contribution is -2.42. The van der Waals surface area contributed by atoms with Gasteiger partial charge in [0.2, 0.25) is 5.95 Å². The number of nitrogens with zero attached hydrogens (tertiary/aromatic N) is 6. The molecule has 240 valence electrons. The molecule has 16 heteroatoms. The normalized spacial score (nSPS) is 12.1. The molecule has 0 saturated heterocycles. The lowest BCUT2D eigenvalue weighted by molar-refractivity contribution is -0.138. The highest BCUT2D eigenvalue weighted by atomic mass is 35.5. The third-order valence-corrected chi connectivity index (χ3v) is 8.09. The molecule has 12 nitrogen and oxygen atoms in total. The van der Waals surface area contributed by atoms with Gasteiger partial charge in [0.25, 0.3) is 0 Å². The van der Waals surface area contributed by atoms with Crippen molar-refractivity contribution < 1.29 is 23.1 Å². The van der Waals surface area contributed by atoms with E-state index in [9.17, 15) is 32.7 Å². The van der Waals surface area contributed by atoms with E-state index >= 15 is 0 Å². The molecule has 0 radical (unpaired) electrons. The summed E-state index contributed by atoms with van der Waals surface area (Å²) in [5.41, 5.74) is 4.75. The van der Waals surface area contributed by atoms with Crippen LogP contribution in [0.2, 0.25) is 5.02 Å². The van der Waals surface area contributed by atoms with E-state index in [0.29, 0.717) is 38.6 Å². The van der Waals surface area contributed by atoms with Crippen LogP contribution in [0.4, 0.5) is 24.8 Å². The second-order valence-corrected chi connectivity index (χ2v) is 11.1. The van der Waals surface area contributed by atoms with Crippen molar-refractivity contribution in [2.24, 2.45) is 12.8 Å². The second-order valence-electron chi connectivity index (χ2n) is 10.7. The number of halogens is 4. The average molecular weight is 665 g/mol. The number of aliphatic carboxylic acids is 1. The highest BCUT2D eigenvalue weighted by Gasteiger charge is 2.24. The SMILES string of the molecule is CC(C(=O)O)c1cccc2cncc(-n3c(=O)nc(Nc4c(Cl)cc5nn(C)cc5c4CN)n(Cc4cc(F)c(F)cc4F)c3=O)c12. The van der Waals surface area contributed by atoms with Crippen molar-refractivity contribution in [3.8, 4) is 5.69 Å². The van der Waals surface area contributed by atoms with Crippen molar-refractivity contribution in [2.45, 2.75) is 25.9 Å². The van der Waals surface area contributed by atoms with Gasteiger partial charge in [-0.3, -0.25) is 19.0 Å². The van der Waals surface area contributed by atoms with Crippen LogP contribution in [0.25, 0.3) is 27.4 Å². The first-order valence-electron chi connectivity index (χ1n) is 14.0. The van der Waals surface area contributed by atoms with Crippen LogP contribution in [0.1, 0.15) is 29.5 Å². The summed E-state index contributed by atoms with van der Waals surface area (Å²) in [6.07, 6.45) is 4.32. The summed E-state index contributed by atoms with van der Waals surface area (Å²) in [5, 5.41) is 18.3. The van der Waals surface area contributed by atoms with E-state index < -0.39 is 58.8 Å². The van der Waals surface area contributed by atoms with Crippen molar-refractivity contribution in [1.82, 2.24) is 28.9 Å². The zero-order chi connectivity index (χ0) is 33.7. The Labute approximate surface area is 267 Å². The van der Waals surface area contributed by atoms with Gasteiger partial charge < -0.3 is 16.2 Å². The number of benzene rings is 3. The molecule has 0 fully saturated rings. The topological polar surface area (TPSA) is 163 Å². The maximum Gasteiger partial charge on any atom is 0.359 e. The number of hydrogen-bond acceptors (Lipinski definition) is 8. The minimum absolute atomic E-state index is 0.0591. The molecule has 0 saturated carbocycles. The molecule has 0 spiro atoms. The van der Waals surface area contributed by atoms with Gasteiger partial charge in [0, 0.05) is 59.3 Å². The van der Waals surface area contributed by atoms with Crippen LogP contribution in [-0.4, -0.2) is 40.0 Å². The molecule has 0 aliphatic carbocycles. The van der Waals surface area contributed by atoms with Crippen LogP contribution in [0.15, 0.2) is 64.6 Å². The Morgan fingerprint density at radius 2 is 1.85 bits per heavy atom. The monoisotopic (exact) mass is 664 g/mol. The highest BCUT2D eigenvalue weighted by Crippen LogP contribution is 2.35. The molecule has 0 bridgehead atoms. The van der Waals surface area contributed by atoms with E-state index in [1.807, 2.05) is 0 Å². The Kier molecular flexibility index (Phi) is 8.03. The number of fused-ring (bicyclic) bond motifs is 2. The molecule has 3 aromatic heterocycles. The molecule has 4 N–H and O–H groups in total. The van der Waals surface area contributed by atoms with Gasteiger partial charge >= 0.3 is 17.3 Å². The van der Waals surface area contributed by atoms with Crippen LogP contribution in [0.5, 0.6) is 0 Å². The van der Waals surface area contributed by atoms with Gasteiger partial charge in [-0.2, -0.15) is 10.1 Å². The fourth-order valence-electron chi connectivity index (χ4n) is 5.48. The third-order valence-electron chi connectivity index (χ3n) is 7.79. The number of aryl methyl sites for hydroxylation is 1. The maximum absolute atomic E-state index is 15.0. The van der Waals surface area contributed by atoms with Crippen LogP contribution in [0, 0.1) is 17.5 Å². The predicted octanol–water partition coefficient (Wildman–Crippen LogP) is 4.34. The molecule has 0 aliphatic heterocycles. The number of carboxylic acids is 1. The third kappa shape index (κ3) is 5.48. The summed E-state index contributed by atoms with van der Waals surface area (Å²) in [6, 6.07) is 7.22. The first kappa shape index (κ1) is 31.4. The molecule has 1 atom stereocenters. The summed E-state index contributed by atoms with van der Waals surface area (Å²) < 4.78 is 46.1. The first-order valence-corrected chi connectivity index (χ1v) is 14.4. The van der Waals surface area contributed by atoms with E-state index in [2.05, 4.69) is 20.4 Å². The summed E-state index contributed by atoms with van der Waals surface area (Å²) in [5.74, 6) is -6.61. The fraction of sp³-hybridized carbons (Fsp3) is 0.161. The van der Waals surface area contributed by atoms with Crippen LogP contribution in [-0.2, 0) is 24.9 Å². The number of nitrogens with two attached hydrogens (primary N) is 1. The summed E-state index contributed by atoms with van der Waals surface area (Å²) in [6.45, 7) is 0.659. The van der Waals surface area contributed by atoms with Gasteiger partial charge in [-0.05, 0) is 24.6 Å². The standard InChI is InChI=1S/C31H24ClF3N8O4/c1-14(28(44)45)17-5-3-4-15-10-37-11-25(26(15)17)43-30(46)39-29(42(31(43)47)12-16-6-22(34)23(35)8-21(16)33)38-27-18(9-36)19-13-41(2)40-24(19)7-20(27)32/h3-8,10-11,13-14H,9,12,36H2,1-2H3,(H,44,45)(H,38,39,46). The molecular weight excluding hydrogens is 641 g/mol. The summed E-state index contributed by atoms with van der Waals surface area (Å²) >= 11 is 6.59. The average Bonchev–Trinajstić information content (AvgIpc) is 3.40. The number of carbonyl (C=O) groups is 1. The Balaban J connectivity index is 1.64. The van der Waals surface area contributed by atoms with Crippen LogP contribution in [0.3, 0.4) is 0 Å². The number of pyridine rings is 1. The van der Waals surface area contributed by atoms with Crippen LogP contribution >= 0.6 is 11.6 Å². The van der Waals surface area contributed by atoms with Gasteiger partial charge in [0.15, 0.2) is 11.6 Å². The zero-order valence-electron chi connectivity index (χ0n) is 24.6. The van der Waals surface area contributed by atoms with Gasteiger partial charge in [-0.1, -0.05) is 29.8 Å². The molecule has 6 rings (SSSR count). The molecule has 47 heavy (non-hydrogen) atoms. The maximum atomic E-state index is 15.0. The Morgan fingerprint density at radius 1 is 1.11 bits per heavy atom. The summed E-state index contributed by atoms with van der Waals surface area (Å²) in [7, 11) is 1.70. The summed E-state index contributed by atoms with van der Waals surface area (Å²) in [4.78, 5) is 48.2. The minimum Gasteiger partial charge on any atom is -0.481 e. The Morgan fingerprint density at radius 3 is 2.57 bits per heavy atom. The van der Waals surface area contributed by atoms with Crippen molar-refractivity contribution >= 4 is 50.9 Å². The number of rotatable bonds is 8. The van der Waals surface area contributed by atoms with Crippen LogP contribution < -0.4 is 22.4 Å². The number of carboxylic acid groups (broad SMARTS) is 1. The van der Waals surface area contributed by atoms with E-state index in [-0.39, 0.29) is 33.9 Å². The van der Waals surface area contributed by atoms with Gasteiger partial charge in [0.05, 0.1) is 40.6 Å². The zero-order valence-corrected chi connectivity index (χ0v) is 25.4. The molecule has 0 aliphatic rings. The molecule has 3 heterocycles. The molecular formula is C31H24ClF3N8O4. The predicted molar refractivity (Wildman–Crippen MR) is 168 cm³/mol. The van der Waals surface area contributed by atoms with E-state index in [1.165, 1.54) is 25.4 Å². The highest BCUT2D eigenvalue weighted by molar-refractivity contribution is 6.34. The molecule has 1 unspecified atom stereocenters. The number of anilines is 2. The first-order chi connectivity index (χ1) is 22.4. The van der Waals surface area contributed by atoms with Crippen molar-refractivity contribution in [3.05, 3.63) is 115 Å². The van der Waals surface area contributed by atoms with E-state index in [1.54, 1.807) is 36.1 Å². The smallest absolute Gasteiger partial charge is 0.359 e. The largest absolute Gasteiger partial charge is 0.481 e.